The second-order valence-electron chi connectivity index (χ2n) is 8.07. The SMILES string of the molecule is COC(=O)C(CC(=O)OC(C)(C)C)NC(=O)C(C)CC(=O)NCCc1ccccc1. The number of carbonyl (C=O) groups is 4. The lowest BCUT2D eigenvalue weighted by Gasteiger charge is -2.22. The maximum absolute atomic E-state index is 12.4. The molecule has 2 amide bonds. The van der Waals surface area contributed by atoms with Gasteiger partial charge in [0.05, 0.1) is 13.5 Å². The molecule has 0 radical (unpaired) electrons. The maximum atomic E-state index is 12.4. The minimum atomic E-state index is -1.18. The van der Waals surface area contributed by atoms with Crippen LogP contribution in [0, 0.1) is 5.92 Å². The van der Waals surface area contributed by atoms with Crippen molar-refractivity contribution < 1.29 is 28.7 Å². The summed E-state index contributed by atoms with van der Waals surface area (Å²) in [7, 11) is 1.17. The van der Waals surface area contributed by atoms with E-state index in [2.05, 4.69) is 15.4 Å². The third-order valence-corrected chi connectivity index (χ3v) is 4.11. The predicted molar refractivity (Wildman–Crippen MR) is 111 cm³/mol. The number of hydrogen-bond acceptors (Lipinski definition) is 6. The highest BCUT2D eigenvalue weighted by Gasteiger charge is 2.29. The fourth-order valence-electron chi connectivity index (χ4n) is 2.63. The second kappa shape index (κ2) is 11.9. The normalized spacial score (nSPS) is 13.0. The first-order valence-electron chi connectivity index (χ1n) is 9.92. The zero-order chi connectivity index (χ0) is 22.7. The van der Waals surface area contributed by atoms with E-state index in [0.29, 0.717) is 13.0 Å². The van der Waals surface area contributed by atoms with Gasteiger partial charge in [-0.1, -0.05) is 37.3 Å². The fraction of sp³-hybridized carbons (Fsp3) is 0.545. The molecule has 2 unspecified atom stereocenters. The topological polar surface area (TPSA) is 111 Å². The molecular weight excluding hydrogens is 388 g/mol. The van der Waals surface area contributed by atoms with E-state index in [1.165, 1.54) is 7.11 Å². The number of ether oxygens (including phenoxy) is 2. The van der Waals surface area contributed by atoms with Crippen molar-refractivity contribution in [3.8, 4) is 0 Å². The molecule has 2 N–H and O–H groups in total. The van der Waals surface area contributed by atoms with Crippen LogP contribution < -0.4 is 10.6 Å². The van der Waals surface area contributed by atoms with Crippen LogP contribution in [0.25, 0.3) is 0 Å². The zero-order valence-electron chi connectivity index (χ0n) is 18.3. The van der Waals surface area contributed by atoms with Crippen molar-refractivity contribution >= 4 is 23.8 Å². The molecule has 0 aliphatic heterocycles. The Morgan fingerprint density at radius 1 is 1.03 bits per heavy atom. The summed E-state index contributed by atoms with van der Waals surface area (Å²) < 4.78 is 9.85. The lowest BCUT2D eigenvalue weighted by Crippen LogP contribution is -2.46. The van der Waals surface area contributed by atoms with Gasteiger partial charge in [-0.3, -0.25) is 14.4 Å². The number of esters is 2. The Hall–Kier alpha value is -2.90. The molecule has 2 atom stereocenters. The minimum absolute atomic E-state index is 0.0407. The van der Waals surface area contributed by atoms with Crippen LogP contribution in [0.5, 0.6) is 0 Å². The van der Waals surface area contributed by atoms with Crippen LogP contribution in [0.3, 0.4) is 0 Å². The fourth-order valence-corrected chi connectivity index (χ4v) is 2.63. The van der Waals surface area contributed by atoms with Gasteiger partial charge in [0.2, 0.25) is 11.8 Å². The van der Waals surface area contributed by atoms with E-state index in [4.69, 9.17) is 4.74 Å². The van der Waals surface area contributed by atoms with Crippen molar-refractivity contribution in [1.29, 1.82) is 0 Å². The summed E-state index contributed by atoms with van der Waals surface area (Å²) >= 11 is 0. The van der Waals surface area contributed by atoms with Crippen LogP contribution >= 0.6 is 0 Å². The molecule has 0 aliphatic rings. The number of hydrogen-bond donors (Lipinski definition) is 2. The van der Waals surface area contributed by atoms with Gasteiger partial charge in [-0.2, -0.15) is 0 Å². The Bertz CT molecular complexity index is 727. The summed E-state index contributed by atoms with van der Waals surface area (Å²) in [5.74, 6) is -2.87. The molecule has 166 valence electrons. The number of rotatable bonds is 10. The van der Waals surface area contributed by atoms with E-state index in [1.807, 2.05) is 30.3 Å². The molecule has 8 nitrogen and oxygen atoms in total. The first-order chi connectivity index (χ1) is 14.0. The molecule has 0 bridgehead atoms. The molecule has 0 aromatic heterocycles. The summed E-state index contributed by atoms with van der Waals surface area (Å²) in [5.41, 5.74) is 0.388. The summed E-state index contributed by atoms with van der Waals surface area (Å²) in [6, 6.07) is 8.55. The van der Waals surface area contributed by atoms with Crippen LogP contribution in [-0.4, -0.2) is 49.1 Å². The van der Waals surface area contributed by atoms with Gasteiger partial charge in [0.15, 0.2) is 0 Å². The standard InChI is InChI=1S/C22H32N2O6/c1-15(13-18(25)23-12-11-16-9-7-6-8-10-16)20(27)24-17(21(28)29-5)14-19(26)30-22(2,3)4/h6-10,15,17H,11-14H2,1-5H3,(H,23,25)(H,24,27). The van der Waals surface area contributed by atoms with Gasteiger partial charge in [-0.15, -0.1) is 0 Å². The third-order valence-electron chi connectivity index (χ3n) is 4.11. The lowest BCUT2D eigenvalue weighted by molar-refractivity contribution is -0.159. The van der Waals surface area contributed by atoms with Gasteiger partial charge in [0, 0.05) is 18.9 Å². The van der Waals surface area contributed by atoms with Crippen LogP contribution in [0.15, 0.2) is 30.3 Å². The van der Waals surface area contributed by atoms with E-state index >= 15 is 0 Å². The number of amides is 2. The molecule has 1 rings (SSSR count). The number of nitrogens with one attached hydrogen (secondary N) is 2. The molecule has 0 heterocycles. The number of carbonyl (C=O) groups excluding carboxylic acids is 4. The Morgan fingerprint density at radius 2 is 1.67 bits per heavy atom. The van der Waals surface area contributed by atoms with Crippen molar-refractivity contribution in [3.63, 3.8) is 0 Å². The molecule has 0 aliphatic carbocycles. The van der Waals surface area contributed by atoms with Crippen molar-refractivity contribution in [3.05, 3.63) is 35.9 Å². The van der Waals surface area contributed by atoms with Gasteiger partial charge >= 0.3 is 11.9 Å². The monoisotopic (exact) mass is 420 g/mol. The summed E-state index contributed by atoms with van der Waals surface area (Å²) in [6.07, 6.45) is 0.292. The van der Waals surface area contributed by atoms with E-state index in [9.17, 15) is 19.2 Å². The molecule has 0 saturated carbocycles. The van der Waals surface area contributed by atoms with Crippen molar-refractivity contribution in [1.82, 2.24) is 10.6 Å². The van der Waals surface area contributed by atoms with Crippen LogP contribution in [0.4, 0.5) is 0 Å². The van der Waals surface area contributed by atoms with Gasteiger partial charge in [0.1, 0.15) is 11.6 Å². The Balaban J connectivity index is 2.51. The van der Waals surface area contributed by atoms with Crippen molar-refractivity contribution in [2.24, 2.45) is 5.92 Å². The van der Waals surface area contributed by atoms with Crippen molar-refractivity contribution in [2.75, 3.05) is 13.7 Å². The van der Waals surface area contributed by atoms with Gasteiger partial charge in [-0.25, -0.2) is 4.79 Å². The Kier molecular flexibility index (Phi) is 10.0. The molecule has 0 saturated heterocycles. The van der Waals surface area contributed by atoms with E-state index in [0.717, 1.165) is 5.56 Å². The van der Waals surface area contributed by atoms with Crippen LogP contribution in [0.1, 0.15) is 46.1 Å². The van der Waals surface area contributed by atoms with Gasteiger partial charge in [-0.05, 0) is 32.8 Å². The Morgan fingerprint density at radius 3 is 2.23 bits per heavy atom. The predicted octanol–water partition coefficient (Wildman–Crippen LogP) is 1.76. The molecule has 30 heavy (non-hydrogen) atoms. The van der Waals surface area contributed by atoms with E-state index < -0.39 is 35.4 Å². The van der Waals surface area contributed by atoms with Crippen LogP contribution in [-0.2, 0) is 35.1 Å². The van der Waals surface area contributed by atoms with Gasteiger partial charge < -0.3 is 20.1 Å². The summed E-state index contributed by atoms with van der Waals surface area (Å²) in [5, 5.41) is 5.25. The molecule has 0 spiro atoms. The van der Waals surface area contributed by atoms with E-state index in [1.54, 1.807) is 27.7 Å². The average Bonchev–Trinajstić information content (AvgIpc) is 2.66. The highest BCUT2D eigenvalue weighted by molar-refractivity contribution is 5.90. The smallest absolute Gasteiger partial charge is 0.328 e. The molecule has 1 aromatic carbocycles. The lowest BCUT2D eigenvalue weighted by atomic mass is 10.1. The van der Waals surface area contributed by atoms with Gasteiger partial charge in [0.25, 0.3) is 0 Å². The maximum Gasteiger partial charge on any atom is 0.328 e. The first-order valence-corrected chi connectivity index (χ1v) is 9.92. The highest BCUT2D eigenvalue weighted by atomic mass is 16.6. The summed E-state index contributed by atoms with van der Waals surface area (Å²) in [4.78, 5) is 48.5. The number of methoxy groups -OCH3 is 1. The largest absolute Gasteiger partial charge is 0.467 e. The molecular formula is C22H32N2O6. The van der Waals surface area contributed by atoms with Crippen LogP contribution in [0.2, 0.25) is 0 Å². The number of benzene rings is 1. The third kappa shape index (κ3) is 10.0. The minimum Gasteiger partial charge on any atom is -0.467 e. The van der Waals surface area contributed by atoms with E-state index in [-0.39, 0.29) is 18.7 Å². The quantitative estimate of drug-likeness (QED) is 0.558. The molecule has 1 aromatic rings. The second-order valence-corrected chi connectivity index (χ2v) is 8.07. The Labute approximate surface area is 177 Å². The van der Waals surface area contributed by atoms with Crippen molar-refractivity contribution in [2.45, 2.75) is 58.6 Å². The molecule has 8 heteroatoms. The average molecular weight is 421 g/mol. The molecule has 0 fully saturated rings. The zero-order valence-corrected chi connectivity index (χ0v) is 18.3. The highest BCUT2D eigenvalue weighted by Crippen LogP contribution is 2.11. The summed E-state index contributed by atoms with van der Waals surface area (Å²) in [6.45, 7) is 7.15. The first kappa shape index (κ1) is 25.1.